The number of aryl methyl sites for hydroxylation is 1. The Morgan fingerprint density at radius 2 is 2.00 bits per heavy atom. The number of pyridine rings is 1. The largest absolute Gasteiger partial charge is 0.554 e. The molecule has 64 valence electrons. The average molecular weight is 167 g/mol. The van der Waals surface area contributed by atoms with Crippen LogP contribution in [0.5, 0.6) is 0 Å². The summed E-state index contributed by atoms with van der Waals surface area (Å²) in [6.07, 6.45) is 2.67. The molecule has 0 N–H and O–H groups in total. The van der Waals surface area contributed by atoms with Crippen LogP contribution in [0.25, 0.3) is 0 Å². The van der Waals surface area contributed by atoms with E-state index in [1.807, 2.05) is 25.4 Å². The number of aromatic nitrogens is 1. The van der Waals surface area contributed by atoms with E-state index in [1.165, 1.54) is 0 Å². The van der Waals surface area contributed by atoms with Gasteiger partial charge in [-0.05, 0) is 6.07 Å². The van der Waals surface area contributed by atoms with Crippen molar-refractivity contribution in [2.75, 3.05) is 0 Å². The number of rotatable bonds is 1. The van der Waals surface area contributed by atoms with Gasteiger partial charge in [0.05, 0.1) is 0 Å². The number of aldehydes is 1. The molecule has 0 saturated heterocycles. The van der Waals surface area contributed by atoms with Gasteiger partial charge in [-0.15, -0.1) is 0 Å². The van der Waals surface area contributed by atoms with E-state index in [-0.39, 0.29) is 0 Å². The summed E-state index contributed by atoms with van der Waals surface area (Å²) in [5.41, 5.74) is 0.692. The lowest BCUT2D eigenvalue weighted by Gasteiger charge is -1.86. The van der Waals surface area contributed by atoms with Gasteiger partial charge in [0.15, 0.2) is 6.20 Å². The lowest BCUT2D eigenvalue weighted by Crippen LogP contribution is -2.32. The summed E-state index contributed by atoms with van der Waals surface area (Å²) in [6.45, 7) is -0.500. The average Bonchev–Trinajstić information content (AvgIpc) is 2.07. The summed E-state index contributed by atoms with van der Waals surface area (Å²) in [4.78, 5) is 18.5. The molecule has 4 heteroatoms. The first kappa shape index (κ1) is 10.3. The first-order valence-electron chi connectivity index (χ1n) is 3.21. The van der Waals surface area contributed by atoms with Gasteiger partial charge in [0.2, 0.25) is 12.0 Å². The van der Waals surface area contributed by atoms with Gasteiger partial charge in [-0.2, -0.15) is 4.57 Å². The summed E-state index contributed by atoms with van der Waals surface area (Å²) < 4.78 is 1.77. The fourth-order valence-corrected chi connectivity index (χ4v) is 0.659. The lowest BCUT2D eigenvalue weighted by atomic mass is 10.4. The molecule has 12 heavy (non-hydrogen) atoms. The van der Waals surface area contributed by atoms with Crippen LogP contribution >= 0.6 is 0 Å². The fraction of sp³-hybridized carbons (Fsp3) is 0.125. The van der Waals surface area contributed by atoms with Crippen LogP contribution < -0.4 is 9.67 Å². The Morgan fingerprint density at radius 1 is 1.42 bits per heavy atom. The molecule has 1 aromatic rings. The quantitative estimate of drug-likeness (QED) is 0.385. The Morgan fingerprint density at radius 3 is 2.33 bits per heavy atom. The number of hydrogen-bond donors (Lipinski definition) is 0. The van der Waals surface area contributed by atoms with Crippen LogP contribution in [-0.2, 0) is 11.8 Å². The molecule has 0 aliphatic carbocycles. The molecule has 0 amide bonds. The maximum Gasteiger partial charge on any atom is 0.245 e. The second kappa shape index (κ2) is 6.03. The SMILES string of the molecule is C[n+]1ccccc1C=O.O=C[O-]. The van der Waals surface area contributed by atoms with Crippen LogP contribution in [0, 0.1) is 0 Å². The number of nitrogens with zero attached hydrogens (tertiary/aromatic N) is 1. The van der Waals surface area contributed by atoms with Crippen molar-refractivity contribution in [2.45, 2.75) is 0 Å². The molecule has 4 nitrogen and oxygen atoms in total. The van der Waals surface area contributed by atoms with E-state index in [4.69, 9.17) is 9.90 Å². The molecular weight excluding hydrogens is 158 g/mol. The summed E-state index contributed by atoms with van der Waals surface area (Å²) in [7, 11) is 1.84. The van der Waals surface area contributed by atoms with Crippen LogP contribution in [-0.4, -0.2) is 12.8 Å². The van der Waals surface area contributed by atoms with Gasteiger partial charge in [0, 0.05) is 18.6 Å². The lowest BCUT2D eigenvalue weighted by molar-refractivity contribution is -0.672. The van der Waals surface area contributed by atoms with E-state index in [2.05, 4.69) is 0 Å². The van der Waals surface area contributed by atoms with E-state index in [9.17, 15) is 4.79 Å². The summed E-state index contributed by atoms with van der Waals surface area (Å²) >= 11 is 0. The first-order valence-corrected chi connectivity index (χ1v) is 3.21. The maximum atomic E-state index is 10.2. The second-order valence-corrected chi connectivity index (χ2v) is 1.95. The molecule has 0 atom stereocenters. The molecule has 0 aliphatic rings. The van der Waals surface area contributed by atoms with Crippen LogP contribution in [0.3, 0.4) is 0 Å². The van der Waals surface area contributed by atoms with E-state index >= 15 is 0 Å². The Kier molecular flexibility index (Phi) is 5.17. The topological polar surface area (TPSA) is 61.1 Å². The van der Waals surface area contributed by atoms with Gasteiger partial charge < -0.3 is 9.90 Å². The van der Waals surface area contributed by atoms with E-state index in [0.717, 1.165) is 6.29 Å². The van der Waals surface area contributed by atoms with Crippen molar-refractivity contribution in [3.63, 3.8) is 0 Å². The highest BCUT2D eigenvalue weighted by molar-refractivity contribution is 5.69. The highest BCUT2D eigenvalue weighted by Crippen LogP contribution is 1.82. The highest BCUT2D eigenvalue weighted by atomic mass is 16.3. The number of carbonyl (C=O) groups excluding carboxylic acids is 2. The highest BCUT2D eigenvalue weighted by Gasteiger charge is 1.98. The van der Waals surface area contributed by atoms with Crippen molar-refractivity contribution in [3.05, 3.63) is 30.1 Å². The van der Waals surface area contributed by atoms with Gasteiger partial charge in [-0.25, -0.2) is 0 Å². The zero-order valence-electron chi connectivity index (χ0n) is 6.64. The Hall–Kier alpha value is -1.71. The van der Waals surface area contributed by atoms with Crippen LogP contribution in [0.2, 0.25) is 0 Å². The Balaban J connectivity index is 0.000000354. The third-order valence-corrected chi connectivity index (χ3v) is 1.22. The molecule has 0 spiro atoms. The summed E-state index contributed by atoms with van der Waals surface area (Å²) in [6, 6.07) is 5.49. The Bertz CT molecular complexity index is 260. The molecule has 1 rings (SSSR count). The molecule has 1 heterocycles. The zero-order valence-corrected chi connectivity index (χ0v) is 6.64. The zero-order chi connectivity index (χ0) is 9.40. The predicted molar refractivity (Wildman–Crippen MR) is 39.1 cm³/mol. The monoisotopic (exact) mass is 167 g/mol. The van der Waals surface area contributed by atoms with Crippen molar-refractivity contribution in [1.82, 2.24) is 0 Å². The molecule has 0 bridgehead atoms. The second-order valence-electron chi connectivity index (χ2n) is 1.95. The maximum absolute atomic E-state index is 10.2. The van der Waals surface area contributed by atoms with Crippen LogP contribution in [0.15, 0.2) is 24.4 Å². The molecule has 0 aromatic carbocycles. The minimum Gasteiger partial charge on any atom is -0.554 e. The van der Waals surface area contributed by atoms with Crippen molar-refractivity contribution in [3.8, 4) is 0 Å². The van der Waals surface area contributed by atoms with Crippen molar-refractivity contribution in [2.24, 2.45) is 7.05 Å². The third kappa shape index (κ3) is 3.46. The van der Waals surface area contributed by atoms with Gasteiger partial charge in [-0.3, -0.25) is 4.79 Å². The van der Waals surface area contributed by atoms with E-state index in [1.54, 1.807) is 10.6 Å². The van der Waals surface area contributed by atoms with Crippen molar-refractivity contribution >= 4 is 12.8 Å². The number of carboxylic acid groups (broad SMARTS) is 1. The van der Waals surface area contributed by atoms with Crippen molar-refractivity contribution < 1.29 is 19.3 Å². The van der Waals surface area contributed by atoms with E-state index in [0.29, 0.717) is 5.69 Å². The molecule has 0 saturated carbocycles. The minimum atomic E-state index is -0.500. The van der Waals surface area contributed by atoms with Crippen LogP contribution in [0.4, 0.5) is 0 Å². The molecule has 0 radical (unpaired) electrons. The summed E-state index contributed by atoms with van der Waals surface area (Å²) in [5.74, 6) is 0. The number of carbonyl (C=O) groups is 2. The van der Waals surface area contributed by atoms with Crippen LogP contribution in [0.1, 0.15) is 10.5 Å². The first-order chi connectivity index (χ1) is 5.76. The molecule has 0 fully saturated rings. The van der Waals surface area contributed by atoms with Gasteiger partial charge in [-0.1, -0.05) is 0 Å². The summed E-state index contributed by atoms with van der Waals surface area (Å²) in [5, 5.41) is 8.25. The van der Waals surface area contributed by atoms with Gasteiger partial charge in [0.25, 0.3) is 0 Å². The fourth-order valence-electron chi connectivity index (χ4n) is 0.659. The standard InChI is InChI=1S/C7H8NO.CH2O2/c1-8-5-3-2-4-7(8)6-9;2-1-3/h2-6H,1H3;1H,(H,2,3)/q+1;/p-1. The minimum absolute atomic E-state index is 0.500. The normalized spacial score (nSPS) is 7.75. The predicted octanol–water partition coefficient (Wildman–Crippen LogP) is -1.31. The molecule has 0 unspecified atom stereocenters. The van der Waals surface area contributed by atoms with Crippen molar-refractivity contribution in [1.29, 1.82) is 0 Å². The molecule has 0 aliphatic heterocycles. The number of hydrogen-bond acceptors (Lipinski definition) is 3. The smallest absolute Gasteiger partial charge is 0.245 e. The third-order valence-electron chi connectivity index (χ3n) is 1.22. The van der Waals surface area contributed by atoms with E-state index < -0.39 is 6.47 Å². The Labute approximate surface area is 70.1 Å². The molecule has 1 aromatic heterocycles. The van der Waals surface area contributed by atoms with Gasteiger partial charge in [0.1, 0.15) is 7.05 Å². The molecular formula is C8H9NO3. The van der Waals surface area contributed by atoms with Gasteiger partial charge >= 0.3 is 0 Å².